The fraction of sp³-hybridized carbons (Fsp3) is 0.800. The molecule has 0 heterocycles. The Kier molecular flexibility index (Phi) is 8.08. The highest BCUT2D eigenvalue weighted by atomic mass is 16.4. The third-order valence-corrected chi connectivity index (χ3v) is 2.35. The van der Waals surface area contributed by atoms with Crippen molar-refractivity contribution in [3.05, 3.63) is 0 Å². The molecule has 0 saturated heterocycles. The zero-order chi connectivity index (χ0) is 13.3. The van der Waals surface area contributed by atoms with Gasteiger partial charge >= 0.3 is 12.0 Å². The van der Waals surface area contributed by atoms with E-state index in [9.17, 15) is 9.59 Å². The number of aliphatic hydroxyl groups excluding tert-OH is 1. The van der Waals surface area contributed by atoms with E-state index in [1.165, 1.54) is 0 Å². The normalized spacial score (nSPS) is 12.2. The summed E-state index contributed by atoms with van der Waals surface area (Å²) in [6, 6.07) is -0.475. The standard InChI is InChI=1S/C10H21N3O4/c1-3-13(4-2)6-5-11-10(17)12-7-8(14)9(15)16/h8,14H,3-7H2,1-2H3,(H,15,16)(H2,11,12,17)/t8-/m0/s1. The molecule has 7 heteroatoms. The Morgan fingerprint density at radius 3 is 2.29 bits per heavy atom. The number of amides is 2. The molecule has 0 aliphatic carbocycles. The Hall–Kier alpha value is -1.34. The zero-order valence-electron chi connectivity index (χ0n) is 10.3. The molecule has 0 aliphatic heterocycles. The van der Waals surface area contributed by atoms with Crippen LogP contribution in [0.3, 0.4) is 0 Å². The third kappa shape index (κ3) is 7.53. The van der Waals surface area contributed by atoms with Gasteiger partial charge in [0.05, 0.1) is 6.54 Å². The Morgan fingerprint density at radius 2 is 1.82 bits per heavy atom. The van der Waals surface area contributed by atoms with Gasteiger partial charge in [-0.05, 0) is 13.1 Å². The van der Waals surface area contributed by atoms with Gasteiger partial charge in [0.25, 0.3) is 0 Å². The van der Waals surface area contributed by atoms with E-state index in [4.69, 9.17) is 10.2 Å². The molecule has 0 spiro atoms. The van der Waals surface area contributed by atoms with Crippen LogP contribution >= 0.6 is 0 Å². The number of carbonyl (C=O) groups excluding carboxylic acids is 1. The number of aliphatic hydroxyl groups is 1. The number of rotatable bonds is 8. The first-order valence-corrected chi connectivity index (χ1v) is 5.66. The molecule has 2 amide bonds. The molecule has 100 valence electrons. The van der Waals surface area contributed by atoms with Gasteiger partial charge in [-0.25, -0.2) is 9.59 Å². The first-order chi connectivity index (χ1) is 8.01. The van der Waals surface area contributed by atoms with Gasteiger partial charge in [-0.3, -0.25) is 0 Å². The van der Waals surface area contributed by atoms with Gasteiger partial charge in [-0.1, -0.05) is 13.8 Å². The van der Waals surface area contributed by atoms with Gasteiger partial charge < -0.3 is 25.7 Å². The summed E-state index contributed by atoms with van der Waals surface area (Å²) in [6.45, 7) is 6.82. The molecule has 0 fully saturated rings. The molecular formula is C10H21N3O4. The van der Waals surface area contributed by atoms with Crippen molar-refractivity contribution in [2.45, 2.75) is 20.0 Å². The Morgan fingerprint density at radius 1 is 1.24 bits per heavy atom. The van der Waals surface area contributed by atoms with Crippen LogP contribution in [0, 0.1) is 0 Å². The van der Waals surface area contributed by atoms with Crippen LogP contribution in [0.15, 0.2) is 0 Å². The predicted molar refractivity (Wildman–Crippen MR) is 62.8 cm³/mol. The van der Waals surface area contributed by atoms with Crippen LogP contribution in [0.4, 0.5) is 4.79 Å². The third-order valence-electron chi connectivity index (χ3n) is 2.35. The van der Waals surface area contributed by atoms with Crippen molar-refractivity contribution >= 4 is 12.0 Å². The van der Waals surface area contributed by atoms with Gasteiger partial charge in [0.1, 0.15) is 0 Å². The van der Waals surface area contributed by atoms with E-state index in [0.717, 1.165) is 19.6 Å². The van der Waals surface area contributed by atoms with Crippen molar-refractivity contribution < 1.29 is 19.8 Å². The molecule has 0 aromatic heterocycles. The number of nitrogens with one attached hydrogen (secondary N) is 2. The van der Waals surface area contributed by atoms with Gasteiger partial charge in [-0.15, -0.1) is 0 Å². The van der Waals surface area contributed by atoms with Crippen LogP contribution in [0.1, 0.15) is 13.8 Å². The molecule has 0 aromatic carbocycles. The second-order valence-electron chi connectivity index (χ2n) is 3.52. The van der Waals surface area contributed by atoms with Crippen LogP contribution < -0.4 is 10.6 Å². The summed E-state index contributed by atoms with van der Waals surface area (Å²) in [7, 11) is 0. The molecule has 0 radical (unpaired) electrons. The number of nitrogens with zero attached hydrogens (tertiary/aromatic N) is 1. The molecule has 1 atom stereocenters. The van der Waals surface area contributed by atoms with Crippen molar-refractivity contribution in [3.8, 4) is 0 Å². The number of hydrogen-bond donors (Lipinski definition) is 4. The van der Waals surface area contributed by atoms with Crippen LogP contribution in [0.25, 0.3) is 0 Å². The lowest BCUT2D eigenvalue weighted by Gasteiger charge is -2.18. The predicted octanol–water partition coefficient (Wildman–Crippen LogP) is -0.927. The van der Waals surface area contributed by atoms with Crippen molar-refractivity contribution in [1.82, 2.24) is 15.5 Å². The minimum atomic E-state index is -1.57. The number of aliphatic carboxylic acids is 1. The van der Waals surface area contributed by atoms with E-state index in [1.807, 2.05) is 13.8 Å². The largest absolute Gasteiger partial charge is 0.479 e. The van der Waals surface area contributed by atoms with Gasteiger partial charge in [0.15, 0.2) is 6.10 Å². The molecule has 0 saturated carbocycles. The first-order valence-electron chi connectivity index (χ1n) is 5.66. The average molecular weight is 247 g/mol. The molecule has 0 bridgehead atoms. The van der Waals surface area contributed by atoms with Crippen molar-refractivity contribution in [2.75, 3.05) is 32.7 Å². The maximum atomic E-state index is 11.2. The van der Waals surface area contributed by atoms with Crippen LogP contribution in [-0.2, 0) is 4.79 Å². The second-order valence-corrected chi connectivity index (χ2v) is 3.52. The smallest absolute Gasteiger partial charge is 0.334 e. The molecule has 0 rings (SSSR count). The highest BCUT2D eigenvalue weighted by Gasteiger charge is 2.13. The van der Waals surface area contributed by atoms with Crippen molar-refractivity contribution in [1.29, 1.82) is 0 Å². The van der Waals surface area contributed by atoms with E-state index in [2.05, 4.69) is 15.5 Å². The summed E-state index contributed by atoms with van der Waals surface area (Å²) in [5, 5.41) is 22.1. The number of carboxylic acids is 1. The number of carbonyl (C=O) groups is 2. The SMILES string of the molecule is CCN(CC)CCNC(=O)NC[C@H](O)C(=O)O. The molecule has 4 N–H and O–H groups in total. The lowest BCUT2D eigenvalue weighted by molar-refractivity contribution is -0.146. The number of urea groups is 1. The van der Waals surface area contributed by atoms with Gasteiger partial charge in [0.2, 0.25) is 0 Å². The van der Waals surface area contributed by atoms with Crippen LogP contribution in [-0.4, -0.2) is 65.9 Å². The summed E-state index contributed by atoms with van der Waals surface area (Å²) in [4.78, 5) is 23.6. The van der Waals surface area contributed by atoms with E-state index in [-0.39, 0.29) is 6.54 Å². The Bertz CT molecular complexity index is 244. The summed E-state index contributed by atoms with van der Waals surface area (Å²) in [5.41, 5.74) is 0. The highest BCUT2D eigenvalue weighted by molar-refractivity contribution is 5.76. The lowest BCUT2D eigenvalue weighted by Crippen LogP contribution is -2.44. The maximum Gasteiger partial charge on any atom is 0.334 e. The fourth-order valence-electron chi connectivity index (χ4n) is 1.21. The van der Waals surface area contributed by atoms with Crippen molar-refractivity contribution in [2.24, 2.45) is 0 Å². The molecule has 0 unspecified atom stereocenters. The first kappa shape index (κ1) is 15.7. The fourth-order valence-corrected chi connectivity index (χ4v) is 1.21. The maximum absolute atomic E-state index is 11.2. The monoisotopic (exact) mass is 247 g/mol. The van der Waals surface area contributed by atoms with E-state index in [0.29, 0.717) is 6.54 Å². The molecule has 0 aromatic rings. The van der Waals surface area contributed by atoms with Gasteiger partial charge in [0, 0.05) is 13.1 Å². The molecular weight excluding hydrogens is 226 g/mol. The number of hydrogen-bond acceptors (Lipinski definition) is 4. The summed E-state index contributed by atoms with van der Waals surface area (Å²) < 4.78 is 0. The van der Waals surface area contributed by atoms with E-state index >= 15 is 0 Å². The number of likely N-dealkylation sites (N-methyl/N-ethyl adjacent to an activating group) is 1. The summed E-state index contributed by atoms with van der Waals surface area (Å²) >= 11 is 0. The second kappa shape index (κ2) is 8.77. The van der Waals surface area contributed by atoms with Gasteiger partial charge in [-0.2, -0.15) is 0 Å². The van der Waals surface area contributed by atoms with Crippen molar-refractivity contribution in [3.63, 3.8) is 0 Å². The molecule has 7 nitrogen and oxygen atoms in total. The highest BCUT2D eigenvalue weighted by Crippen LogP contribution is 1.84. The quantitative estimate of drug-likeness (QED) is 0.444. The van der Waals surface area contributed by atoms with E-state index in [1.54, 1.807) is 0 Å². The minimum Gasteiger partial charge on any atom is -0.479 e. The Balaban J connectivity index is 3.63. The molecule has 17 heavy (non-hydrogen) atoms. The number of carboxylic acid groups (broad SMARTS) is 1. The Labute approximate surface area is 101 Å². The minimum absolute atomic E-state index is 0.299. The lowest BCUT2D eigenvalue weighted by atomic mass is 10.4. The van der Waals surface area contributed by atoms with E-state index < -0.39 is 18.1 Å². The average Bonchev–Trinajstić information content (AvgIpc) is 2.31. The van der Waals surface area contributed by atoms with Crippen LogP contribution in [0.5, 0.6) is 0 Å². The summed E-state index contributed by atoms with van der Waals surface area (Å²) in [6.07, 6.45) is -1.57. The summed E-state index contributed by atoms with van der Waals surface area (Å²) in [5.74, 6) is -1.35. The van der Waals surface area contributed by atoms with Crippen LogP contribution in [0.2, 0.25) is 0 Å². The molecule has 0 aliphatic rings. The zero-order valence-corrected chi connectivity index (χ0v) is 10.3. The topological polar surface area (TPSA) is 102 Å².